The first-order valence-electron chi connectivity index (χ1n) is 5.49. The largest absolute Gasteiger partial charge is 0.480 e. The van der Waals surface area contributed by atoms with E-state index in [4.69, 9.17) is 15.3 Å². The van der Waals surface area contributed by atoms with E-state index >= 15 is 0 Å². The van der Waals surface area contributed by atoms with Crippen LogP contribution in [0.5, 0.6) is 0 Å². The van der Waals surface area contributed by atoms with Crippen LogP contribution in [0.3, 0.4) is 0 Å². The molecule has 5 heteroatoms. The lowest BCUT2D eigenvalue weighted by Gasteiger charge is -2.07. The number of aryl methyl sites for hydroxylation is 1. The molecule has 0 bridgehead atoms. The van der Waals surface area contributed by atoms with Crippen LogP contribution >= 0.6 is 0 Å². The first kappa shape index (κ1) is 12.3. The molecule has 0 saturated heterocycles. The second-order valence-corrected chi connectivity index (χ2v) is 4.23. The van der Waals surface area contributed by atoms with E-state index in [0.29, 0.717) is 5.58 Å². The summed E-state index contributed by atoms with van der Waals surface area (Å²) in [5.74, 6) is -1.05. The Balaban J connectivity index is 2.44. The summed E-state index contributed by atoms with van der Waals surface area (Å²) in [4.78, 5) is 21.9. The summed E-state index contributed by atoms with van der Waals surface area (Å²) < 4.78 is 5.08. The Morgan fingerprint density at radius 2 is 2.17 bits per heavy atom. The molecule has 0 fully saturated rings. The van der Waals surface area contributed by atoms with Gasteiger partial charge in [0.15, 0.2) is 0 Å². The van der Waals surface area contributed by atoms with Crippen LogP contribution in [0.4, 0.5) is 0 Å². The number of hydrogen-bond donors (Lipinski definition) is 2. The number of nitrogens with two attached hydrogens (primary N) is 1. The van der Waals surface area contributed by atoms with Gasteiger partial charge in [-0.3, -0.25) is 4.79 Å². The van der Waals surface area contributed by atoms with Gasteiger partial charge in [0.2, 0.25) is 0 Å². The fraction of sp³-hybridized carbons (Fsp3) is 0.231. The molecule has 1 aromatic carbocycles. The van der Waals surface area contributed by atoms with Crippen LogP contribution in [0, 0.1) is 6.92 Å². The van der Waals surface area contributed by atoms with E-state index in [0.717, 1.165) is 16.5 Å². The van der Waals surface area contributed by atoms with Crippen LogP contribution in [0.15, 0.2) is 33.5 Å². The molecular weight excluding hydrogens is 234 g/mol. The maximum Gasteiger partial charge on any atom is 0.336 e. The molecule has 0 spiro atoms. The van der Waals surface area contributed by atoms with Crippen molar-refractivity contribution in [1.82, 2.24) is 0 Å². The van der Waals surface area contributed by atoms with E-state index in [1.165, 1.54) is 6.07 Å². The topological polar surface area (TPSA) is 93.5 Å². The average molecular weight is 247 g/mol. The lowest BCUT2D eigenvalue weighted by Crippen LogP contribution is -2.32. The predicted molar refractivity (Wildman–Crippen MR) is 66.5 cm³/mol. The third-order valence-electron chi connectivity index (χ3n) is 2.79. The molecule has 2 aromatic rings. The molecule has 0 unspecified atom stereocenters. The third-order valence-corrected chi connectivity index (χ3v) is 2.79. The van der Waals surface area contributed by atoms with Crippen molar-refractivity contribution in [2.45, 2.75) is 19.4 Å². The molecule has 0 amide bonds. The average Bonchev–Trinajstić information content (AvgIpc) is 2.27. The molecule has 18 heavy (non-hydrogen) atoms. The second kappa shape index (κ2) is 4.62. The zero-order chi connectivity index (χ0) is 13.3. The van der Waals surface area contributed by atoms with Gasteiger partial charge in [-0.1, -0.05) is 12.1 Å². The summed E-state index contributed by atoms with van der Waals surface area (Å²) in [7, 11) is 0. The summed E-state index contributed by atoms with van der Waals surface area (Å²) in [5, 5.41) is 9.58. The van der Waals surface area contributed by atoms with Gasteiger partial charge in [-0.15, -0.1) is 0 Å². The molecule has 2 rings (SSSR count). The first-order chi connectivity index (χ1) is 8.47. The minimum Gasteiger partial charge on any atom is -0.480 e. The molecule has 1 atom stereocenters. The lowest BCUT2D eigenvalue weighted by atomic mass is 10.0. The molecule has 0 radical (unpaired) electrons. The molecule has 0 aliphatic carbocycles. The Morgan fingerprint density at radius 3 is 2.83 bits per heavy atom. The normalized spacial score (nSPS) is 12.6. The number of aliphatic carboxylic acids is 1. The van der Waals surface area contributed by atoms with Gasteiger partial charge in [-0.25, -0.2) is 4.79 Å². The SMILES string of the molecule is Cc1cc(=O)oc2cc(C[C@@H](N)C(=O)O)ccc12. The van der Waals surface area contributed by atoms with Crippen molar-refractivity contribution in [3.63, 3.8) is 0 Å². The fourth-order valence-corrected chi connectivity index (χ4v) is 1.84. The van der Waals surface area contributed by atoms with Crippen molar-refractivity contribution >= 4 is 16.9 Å². The van der Waals surface area contributed by atoms with Gasteiger partial charge in [0.1, 0.15) is 11.6 Å². The molecule has 1 heterocycles. The lowest BCUT2D eigenvalue weighted by molar-refractivity contribution is -0.138. The highest BCUT2D eigenvalue weighted by Gasteiger charge is 2.13. The quantitative estimate of drug-likeness (QED) is 0.791. The number of fused-ring (bicyclic) bond motifs is 1. The van der Waals surface area contributed by atoms with E-state index in [1.54, 1.807) is 18.2 Å². The number of hydrogen-bond acceptors (Lipinski definition) is 4. The van der Waals surface area contributed by atoms with Gasteiger partial charge in [0.25, 0.3) is 0 Å². The minimum atomic E-state index is -1.05. The van der Waals surface area contributed by atoms with Gasteiger partial charge in [0.05, 0.1) is 0 Å². The number of benzene rings is 1. The van der Waals surface area contributed by atoms with Crippen LogP contribution < -0.4 is 11.4 Å². The Morgan fingerprint density at radius 1 is 1.44 bits per heavy atom. The van der Waals surface area contributed by atoms with Gasteiger partial charge < -0.3 is 15.3 Å². The Kier molecular flexibility index (Phi) is 3.16. The highest BCUT2D eigenvalue weighted by molar-refractivity contribution is 5.81. The fourth-order valence-electron chi connectivity index (χ4n) is 1.84. The third kappa shape index (κ3) is 2.41. The Labute approximate surface area is 103 Å². The summed E-state index contributed by atoms with van der Waals surface area (Å²) in [5.41, 5.74) is 7.05. The zero-order valence-corrected chi connectivity index (χ0v) is 9.84. The van der Waals surface area contributed by atoms with Gasteiger partial charge >= 0.3 is 11.6 Å². The van der Waals surface area contributed by atoms with Crippen molar-refractivity contribution in [3.8, 4) is 0 Å². The zero-order valence-electron chi connectivity index (χ0n) is 9.84. The molecule has 0 aliphatic rings. The number of carboxylic acids is 1. The summed E-state index contributed by atoms with van der Waals surface area (Å²) in [6, 6.07) is 5.71. The van der Waals surface area contributed by atoms with Crippen LogP contribution in [0.25, 0.3) is 11.0 Å². The van der Waals surface area contributed by atoms with E-state index in [9.17, 15) is 9.59 Å². The van der Waals surface area contributed by atoms with Gasteiger partial charge in [-0.2, -0.15) is 0 Å². The molecule has 1 aromatic heterocycles. The molecule has 0 aliphatic heterocycles. The van der Waals surface area contributed by atoms with E-state index in [1.807, 2.05) is 6.92 Å². The number of carboxylic acid groups (broad SMARTS) is 1. The first-order valence-corrected chi connectivity index (χ1v) is 5.49. The van der Waals surface area contributed by atoms with Crippen molar-refractivity contribution < 1.29 is 14.3 Å². The second-order valence-electron chi connectivity index (χ2n) is 4.23. The van der Waals surface area contributed by atoms with Crippen molar-refractivity contribution in [3.05, 3.63) is 45.8 Å². The van der Waals surface area contributed by atoms with Crippen LogP contribution in [0.2, 0.25) is 0 Å². The maximum absolute atomic E-state index is 11.3. The monoisotopic (exact) mass is 247 g/mol. The van der Waals surface area contributed by atoms with E-state index in [2.05, 4.69) is 0 Å². The molecular formula is C13H13NO4. The summed E-state index contributed by atoms with van der Waals surface area (Å²) in [6.45, 7) is 1.82. The van der Waals surface area contributed by atoms with Crippen LogP contribution in [-0.2, 0) is 11.2 Å². The molecule has 5 nitrogen and oxygen atoms in total. The predicted octanol–water partition coefficient (Wildman–Crippen LogP) is 1.06. The highest BCUT2D eigenvalue weighted by atomic mass is 16.4. The molecule has 94 valence electrons. The Bertz CT molecular complexity index is 660. The highest BCUT2D eigenvalue weighted by Crippen LogP contribution is 2.18. The molecule has 3 N–H and O–H groups in total. The van der Waals surface area contributed by atoms with E-state index < -0.39 is 17.6 Å². The molecule has 0 saturated carbocycles. The van der Waals surface area contributed by atoms with Crippen molar-refractivity contribution in [2.24, 2.45) is 5.73 Å². The van der Waals surface area contributed by atoms with Crippen molar-refractivity contribution in [1.29, 1.82) is 0 Å². The maximum atomic E-state index is 11.3. The van der Waals surface area contributed by atoms with Crippen molar-refractivity contribution in [2.75, 3.05) is 0 Å². The van der Waals surface area contributed by atoms with Gasteiger partial charge in [0, 0.05) is 11.5 Å². The summed E-state index contributed by atoms with van der Waals surface area (Å²) >= 11 is 0. The minimum absolute atomic E-state index is 0.197. The van der Waals surface area contributed by atoms with Gasteiger partial charge in [-0.05, 0) is 30.5 Å². The smallest absolute Gasteiger partial charge is 0.336 e. The Hall–Kier alpha value is -2.14. The van der Waals surface area contributed by atoms with Crippen LogP contribution in [-0.4, -0.2) is 17.1 Å². The number of rotatable bonds is 3. The summed E-state index contributed by atoms with van der Waals surface area (Å²) in [6.07, 6.45) is 0.197. The van der Waals surface area contributed by atoms with E-state index in [-0.39, 0.29) is 6.42 Å². The number of carbonyl (C=O) groups is 1. The van der Waals surface area contributed by atoms with Crippen LogP contribution in [0.1, 0.15) is 11.1 Å². The standard InChI is InChI=1S/C13H13NO4/c1-7-4-12(15)18-11-6-8(2-3-9(7)11)5-10(14)13(16)17/h2-4,6,10H,5,14H2,1H3,(H,16,17)/t10-/m1/s1.